The van der Waals surface area contributed by atoms with Gasteiger partial charge in [0.25, 0.3) is 0 Å². The second-order valence-corrected chi connectivity index (χ2v) is 4.13. The molecule has 0 amide bonds. The van der Waals surface area contributed by atoms with Crippen LogP contribution in [0.1, 0.15) is 32.6 Å². The smallest absolute Gasteiger partial charge is 0.0844 e. The maximum Gasteiger partial charge on any atom is 0.0844 e. The summed E-state index contributed by atoms with van der Waals surface area (Å²) in [5.41, 5.74) is 0. The molecule has 0 spiro atoms. The van der Waals surface area contributed by atoms with E-state index < -0.39 is 0 Å². The molecule has 4 unspecified atom stereocenters. The van der Waals surface area contributed by atoms with Gasteiger partial charge in [-0.2, -0.15) is 0 Å². The molecule has 2 fully saturated rings. The third-order valence-corrected chi connectivity index (χ3v) is 3.19. The third kappa shape index (κ3) is 1.80. The van der Waals surface area contributed by atoms with Crippen molar-refractivity contribution >= 4 is 0 Å². The quantitative estimate of drug-likeness (QED) is 0.635. The van der Waals surface area contributed by atoms with E-state index in [2.05, 4.69) is 6.92 Å². The summed E-state index contributed by atoms with van der Waals surface area (Å²) in [6.07, 6.45) is 5.90. The van der Waals surface area contributed by atoms with E-state index >= 15 is 0 Å². The largest absolute Gasteiger partial charge is 0.396 e. The molecule has 1 heterocycles. The topological polar surface area (TPSA) is 32.8 Å². The molecule has 2 aliphatic rings. The Morgan fingerprint density at radius 3 is 2.75 bits per heavy atom. The average molecular weight is 170 g/mol. The van der Waals surface area contributed by atoms with Gasteiger partial charge in [0, 0.05) is 6.61 Å². The Kier molecular flexibility index (Phi) is 2.37. The van der Waals surface area contributed by atoms with E-state index in [0.29, 0.717) is 18.8 Å². The van der Waals surface area contributed by atoms with E-state index in [1.165, 1.54) is 19.3 Å². The molecule has 1 aliphatic carbocycles. The molecular formula is C10H18O2. The summed E-state index contributed by atoms with van der Waals surface area (Å²) in [7, 11) is 0. The van der Waals surface area contributed by atoms with Gasteiger partial charge in [-0.1, -0.05) is 6.92 Å². The Morgan fingerprint density at radius 2 is 2.17 bits per heavy atom. The summed E-state index contributed by atoms with van der Waals surface area (Å²) in [5.74, 6) is 1.69. The zero-order valence-electron chi connectivity index (χ0n) is 7.70. The molecule has 2 heteroatoms. The van der Waals surface area contributed by atoms with E-state index in [9.17, 15) is 0 Å². The fourth-order valence-electron chi connectivity index (χ4n) is 2.16. The molecule has 0 aromatic heterocycles. The molecule has 2 nitrogen and oxygen atoms in total. The molecule has 1 N–H and O–H groups in total. The van der Waals surface area contributed by atoms with Crippen LogP contribution in [0.2, 0.25) is 0 Å². The molecular weight excluding hydrogens is 152 g/mol. The van der Waals surface area contributed by atoms with Crippen LogP contribution < -0.4 is 0 Å². The van der Waals surface area contributed by atoms with Crippen molar-refractivity contribution in [2.75, 3.05) is 6.61 Å². The monoisotopic (exact) mass is 170 g/mol. The lowest BCUT2D eigenvalue weighted by Gasteiger charge is -1.94. The van der Waals surface area contributed by atoms with Gasteiger partial charge in [0.1, 0.15) is 0 Å². The highest BCUT2D eigenvalue weighted by Crippen LogP contribution is 2.47. The van der Waals surface area contributed by atoms with Crippen LogP contribution in [0.4, 0.5) is 0 Å². The van der Waals surface area contributed by atoms with E-state index in [1.807, 2.05) is 0 Å². The van der Waals surface area contributed by atoms with E-state index in [0.717, 1.165) is 18.3 Å². The molecule has 0 aromatic carbocycles. The fraction of sp³-hybridized carbons (Fsp3) is 1.00. The minimum atomic E-state index is 0.365. The molecule has 12 heavy (non-hydrogen) atoms. The Labute approximate surface area is 73.9 Å². The summed E-state index contributed by atoms with van der Waals surface area (Å²) in [4.78, 5) is 0. The molecule has 2 rings (SSSR count). The van der Waals surface area contributed by atoms with E-state index in [1.54, 1.807) is 0 Å². The summed E-state index contributed by atoms with van der Waals surface area (Å²) in [6.45, 7) is 2.55. The first kappa shape index (κ1) is 8.52. The van der Waals surface area contributed by atoms with Crippen molar-refractivity contribution in [2.24, 2.45) is 11.8 Å². The van der Waals surface area contributed by atoms with Crippen molar-refractivity contribution in [1.82, 2.24) is 0 Å². The lowest BCUT2D eigenvalue weighted by Crippen LogP contribution is -1.96. The highest BCUT2D eigenvalue weighted by atomic mass is 16.6. The predicted octanol–water partition coefficient (Wildman–Crippen LogP) is 1.57. The van der Waals surface area contributed by atoms with E-state index in [-0.39, 0.29) is 0 Å². The molecule has 1 saturated carbocycles. The van der Waals surface area contributed by atoms with Crippen molar-refractivity contribution in [1.29, 1.82) is 0 Å². The van der Waals surface area contributed by atoms with Crippen LogP contribution in [-0.4, -0.2) is 23.9 Å². The number of rotatable bonds is 5. The number of aliphatic hydroxyl groups is 1. The zero-order valence-corrected chi connectivity index (χ0v) is 7.70. The van der Waals surface area contributed by atoms with Gasteiger partial charge in [-0.3, -0.25) is 0 Å². The van der Waals surface area contributed by atoms with Crippen LogP contribution >= 0.6 is 0 Å². The standard InChI is InChI=1S/C10H18O2/c1-2-9-10(12-9)6-8-5-7(8)3-4-11/h7-11H,2-6H2,1H3. The molecule has 0 radical (unpaired) electrons. The normalized spacial score (nSPS) is 44.5. The highest BCUT2D eigenvalue weighted by molar-refractivity contribution is 4.94. The van der Waals surface area contributed by atoms with Gasteiger partial charge in [-0.05, 0) is 37.5 Å². The van der Waals surface area contributed by atoms with Crippen LogP contribution in [0.25, 0.3) is 0 Å². The Balaban J connectivity index is 1.59. The summed E-state index contributed by atoms with van der Waals surface area (Å²) in [6, 6.07) is 0. The van der Waals surface area contributed by atoms with Crippen LogP contribution in [-0.2, 0) is 4.74 Å². The summed E-state index contributed by atoms with van der Waals surface area (Å²) >= 11 is 0. The van der Waals surface area contributed by atoms with Gasteiger partial charge in [0.05, 0.1) is 12.2 Å². The molecule has 70 valence electrons. The zero-order chi connectivity index (χ0) is 8.55. The first-order valence-corrected chi connectivity index (χ1v) is 5.11. The van der Waals surface area contributed by atoms with Gasteiger partial charge >= 0.3 is 0 Å². The highest BCUT2D eigenvalue weighted by Gasteiger charge is 2.45. The summed E-state index contributed by atoms with van der Waals surface area (Å²) < 4.78 is 5.48. The molecule has 0 bridgehead atoms. The van der Waals surface area contributed by atoms with Crippen molar-refractivity contribution in [3.63, 3.8) is 0 Å². The number of ether oxygens (including phenoxy) is 1. The predicted molar refractivity (Wildman–Crippen MR) is 46.9 cm³/mol. The van der Waals surface area contributed by atoms with Crippen molar-refractivity contribution in [2.45, 2.75) is 44.8 Å². The van der Waals surface area contributed by atoms with Crippen molar-refractivity contribution in [3.05, 3.63) is 0 Å². The first-order chi connectivity index (χ1) is 5.85. The molecule has 4 atom stereocenters. The molecule has 1 aliphatic heterocycles. The lowest BCUT2D eigenvalue weighted by molar-refractivity contribution is 0.274. The molecule has 0 aromatic rings. The summed E-state index contributed by atoms with van der Waals surface area (Å²) in [5, 5.41) is 8.71. The Bertz CT molecular complexity index is 158. The SMILES string of the molecule is CCC1OC1CC1CC1CCO. The van der Waals surface area contributed by atoms with Crippen LogP contribution in [0.15, 0.2) is 0 Å². The minimum absolute atomic E-state index is 0.365. The third-order valence-electron chi connectivity index (χ3n) is 3.19. The van der Waals surface area contributed by atoms with Gasteiger partial charge in [-0.15, -0.1) is 0 Å². The average Bonchev–Trinajstić information content (AvgIpc) is 2.93. The maximum atomic E-state index is 8.71. The van der Waals surface area contributed by atoms with Crippen molar-refractivity contribution in [3.8, 4) is 0 Å². The number of hydrogen-bond donors (Lipinski definition) is 1. The first-order valence-electron chi connectivity index (χ1n) is 5.11. The molecule has 1 saturated heterocycles. The fourth-order valence-corrected chi connectivity index (χ4v) is 2.16. The van der Waals surface area contributed by atoms with Gasteiger partial charge in [0.15, 0.2) is 0 Å². The Hall–Kier alpha value is -0.0800. The second-order valence-electron chi connectivity index (χ2n) is 4.13. The minimum Gasteiger partial charge on any atom is -0.396 e. The van der Waals surface area contributed by atoms with E-state index in [4.69, 9.17) is 9.84 Å². The number of hydrogen-bond acceptors (Lipinski definition) is 2. The van der Waals surface area contributed by atoms with Gasteiger partial charge in [0.2, 0.25) is 0 Å². The second kappa shape index (κ2) is 3.35. The Morgan fingerprint density at radius 1 is 1.33 bits per heavy atom. The number of aliphatic hydroxyl groups excluding tert-OH is 1. The van der Waals surface area contributed by atoms with Crippen LogP contribution in [0, 0.1) is 11.8 Å². The van der Waals surface area contributed by atoms with Gasteiger partial charge < -0.3 is 9.84 Å². The lowest BCUT2D eigenvalue weighted by atomic mass is 10.1. The van der Waals surface area contributed by atoms with Crippen molar-refractivity contribution < 1.29 is 9.84 Å². The maximum absolute atomic E-state index is 8.71. The number of epoxide rings is 1. The van der Waals surface area contributed by atoms with Crippen LogP contribution in [0.5, 0.6) is 0 Å². The van der Waals surface area contributed by atoms with Crippen LogP contribution in [0.3, 0.4) is 0 Å². The van der Waals surface area contributed by atoms with Gasteiger partial charge in [-0.25, -0.2) is 0 Å².